The predicted molar refractivity (Wildman–Crippen MR) is 243 cm³/mol. The van der Waals surface area contributed by atoms with Crippen LogP contribution < -0.4 is 20.7 Å². The molecule has 0 spiro atoms. The van der Waals surface area contributed by atoms with Gasteiger partial charge in [-0.3, -0.25) is 29.4 Å². The average molecular weight is 865 g/mol. The van der Waals surface area contributed by atoms with Crippen molar-refractivity contribution in [3.8, 4) is 22.8 Å². The lowest BCUT2D eigenvalue weighted by molar-refractivity contribution is -0.136. The molecule has 3 N–H and O–H groups in total. The maximum Gasteiger partial charge on any atom is 0.262 e. The predicted octanol–water partition coefficient (Wildman–Crippen LogP) is 6.31. The van der Waals surface area contributed by atoms with Gasteiger partial charge in [0.2, 0.25) is 11.8 Å². The minimum absolute atomic E-state index is 0.108. The summed E-state index contributed by atoms with van der Waals surface area (Å²) in [5.74, 6) is 1.51. The Labute approximate surface area is 372 Å². The first-order valence-electron chi connectivity index (χ1n) is 23.1. The highest BCUT2D eigenvalue weighted by Gasteiger charge is 2.45. The van der Waals surface area contributed by atoms with Crippen LogP contribution >= 0.6 is 0 Å². The number of piperidine rings is 4. The fourth-order valence-corrected chi connectivity index (χ4v) is 10.6. The van der Waals surface area contributed by atoms with Crippen molar-refractivity contribution in [3.63, 3.8) is 0 Å². The highest BCUT2D eigenvalue weighted by atomic mass is 16.5. The van der Waals surface area contributed by atoms with Crippen LogP contribution in [0.4, 0.5) is 11.5 Å². The third-order valence-electron chi connectivity index (χ3n) is 14.2. The topological polar surface area (TPSA) is 172 Å². The number of fused-ring (bicyclic) bond motifs is 2. The maximum absolute atomic E-state index is 13.4. The molecular weight excluding hydrogens is 809 g/mol. The standard InChI is InChI=1S/C49H56N10O5/c50-45-43-44(34-8-11-38(12-9-34)64-37-6-2-1-3-7-37)54-59(46(43)52-31-51-45)35-20-25-56(26-21-35)30-33-16-23-55(24-17-33)22-4-5-32-18-27-57(28-19-32)36-10-13-39-40(29-36)49(63)58(48(39)62)41-14-15-42(60)53-47(41)61/h1-3,6-13,29,31-33,35,41H,4-5,14-28,30H2,(H2,50,51,52)(H,53,60,61). The molecule has 5 aliphatic heterocycles. The molecule has 15 nitrogen and oxygen atoms in total. The second-order valence-electron chi connectivity index (χ2n) is 18.3. The molecule has 15 heteroatoms. The molecule has 2 aromatic heterocycles. The second-order valence-corrected chi connectivity index (χ2v) is 18.3. The summed E-state index contributed by atoms with van der Waals surface area (Å²) in [6, 6.07) is 22.5. The van der Waals surface area contributed by atoms with Crippen LogP contribution in [-0.4, -0.2) is 116 Å². The molecule has 1 unspecified atom stereocenters. The van der Waals surface area contributed by atoms with E-state index in [0.717, 1.165) is 115 Å². The number of aromatic nitrogens is 4. The zero-order chi connectivity index (χ0) is 43.7. The largest absolute Gasteiger partial charge is 0.457 e. The Hall–Kier alpha value is -6.19. The van der Waals surface area contributed by atoms with E-state index in [0.29, 0.717) is 22.9 Å². The van der Waals surface area contributed by atoms with Crippen molar-refractivity contribution in [3.05, 3.63) is 90.3 Å². The number of nitrogen functional groups attached to an aromatic ring is 1. The molecule has 7 heterocycles. The summed E-state index contributed by atoms with van der Waals surface area (Å²) < 4.78 is 8.12. The average Bonchev–Trinajstić information content (AvgIpc) is 3.83. The number of nitrogens with zero attached hydrogens (tertiary/aromatic N) is 8. The van der Waals surface area contributed by atoms with E-state index >= 15 is 0 Å². The Morgan fingerprint density at radius 3 is 2.17 bits per heavy atom. The van der Waals surface area contributed by atoms with Crippen LogP contribution in [0.15, 0.2) is 79.1 Å². The van der Waals surface area contributed by atoms with Gasteiger partial charge in [-0.05, 0) is 144 Å². The van der Waals surface area contributed by atoms with Crippen molar-refractivity contribution in [2.24, 2.45) is 11.8 Å². The summed E-state index contributed by atoms with van der Waals surface area (Å²) in [5, 5.41) is 8.20. The number of hydrogen-bond donors (Lipinski definition) is 2. The first-order valence-corrected chi connectivity index (χ1v) is 23.1. The number of rotatable bonds is 12. The van der Waals surface area contributed by atoms with Crippen LogP contribution in [0.5, 0.6) is 11.5 Å². The minimum Gasteiger partial charge on any atom is -0.457 e. The molecule has 4 fully saturated rings. The van der Waals surface area contributed by atoms with E-state index in [9.17, 15) is 19.2 Å². The lowest BCUT2D eigenvalue weighted by Gasteiger charge is -2.38. The highest BCUT2D eigenvalue weighted by molar-refractivity contribution is 6.23. The van der Waals surface area contributed by atoms with Crippen LogP contribution in [0.25, 0.3) is 22.3 Å². The molecule has 64 heavy (non-hydrogen) atoms. The van der Waals surface area contributed by atoms with Gasteiger partial charge in [0.05, 0.1) is 22.6 Å². The smallest absolute Gasteiger partial charge is 0.262 e. The van der Waals surface area contributed by atoms with E-state index in [1.165, 1.54) is 38.8 Å². The van der Waals surface area contributed by atoms with Crippen molar-refractivity contribution in [1.29, 1.82) is 0 Å². The van der Waals surface area contributed by atoms with Crippen LogP contribution in [0.1, 0.15) is 91.0 Å². The van der Waals surface area contributed by atoms with Crippen molar-refractivity contribution < 1.29 is 23.9 Å². The number of hydrogen-bond acceptors (Lipinski definition) is 12. The van der Waals surface area contributed by atoms with Gasteiger partial charge in [-0.25, -0.2) is 14.6 Å². The van der Waals surface area contributed by atoms with Crippen LogP contribution in [0.3, 0.4) is 0 Å². The van der Waals surface area contributed by atoms with Crippen molar-refractivity contribution >= 4 is 46.2 Å². The van der Waals surface area contributed by atoms with E-state index in [4.69, 9.17) is 15.6 Å². The summed E-state index contributed by atoms with van der Waals surface area (Å²) in [5.41, 5.74) is 10.6. The summed E-state index contributed by atoms with van der Waals surface area (Å²) >= 11 is 0. The number of carbonyl (C=O) groups excluding carboxylic acids is 4. The molecule has 0 radical (unpaired) electrons. The molecule has 4 saturated heterocycles. The highest BCUT2D eigenvalue weighted by Crippen LogP contribution is 2.37. The number of ether oxygens (including phenoxy) is 1. The van der Waals surface area contributed by atoms with E-state index in [1.54, 1.807) is 12.4 Å². The number of benzene rings is 3. The first-order chi connectivity index (χ1) is 31.3. The lowest BCUT2D eigenvalue weighted by atomic mass is 9.91. The molecule has 0 bridgehead atoms. The number of nitrogens with two attached hydrogens (primary N) is 1. The molecule has 0 aliphatic carbocycles. The Morgan fingerprint density at radius 1 is 0.719 bits per heavy atom. The van der Waals surface area contributed by atoms with Gasteiger partial charge in [0.1, 0.15) is 35.4 Å². The number of amides is 4. The summed E-state index contributed by atoms with van der Waals surface area (Å²) in [4.78, 5) is 68.3. The van der Waals surface area contributed by atoms with Gasteiger partial charge >= 0.3 is 0 Å². The molecule has 0 saturated carbocycles. The Balaban J connectivity index is 0.651. The molecule has 332 valence electrons. The number of nitrogens with one attached hydrogen (secondary N) is 1. The van der Waals surface area contributed by atoms with Crippen LogP contribution in [-0.2, 0) is 9.59 Å². The Bertz CT molecular complexity index is 2520. The van der Waals surface area contributed by atoms with E-state index < -0.39 is 23.8 Å². The zero-order valence-electron chi connectivity index (χ0n) is 36.2. The second kappa shape index (κ2) is 18.1. The third kappa shape index (κ3) is 8.58. The van der Waals surface area contributed by atoms with Gasteiger partial charge in [-0.2, -0.15) is 5.10 Å². The fourth-order valence-electron chi connectivity index (χ4n) is 10.6. The number of likely N-dealkylation sites (tertiary alicyclic amines) is 2. The minimum atomic E-state index is -0.952. The SMILES string of the molecule is Nc1ncnc2c1c(-c1ccc(Oc3ccccc3)cc1)nn2C1CCN(CC2CCN(CCCC3CCN(c4ccc5c(c4)C(=O)N(C4CCC(=O)NC4=O)C5=O)CC3)CC2)CC1. The molecule has 10 rings (SSSR count). The van der Waals surface area contributed by atoms with Crippen LogP contribution in [0.2, 0.25) is 0 Å². The van der Waals surface area contributed by atoms with Crippen molar-refractivity contribution in [1.82, 2.24) is 39.8 Å². The molecule has 1 atom stereocenters. The Kier molecular flexibility index (Phi) is 11.8. The quantitative estimate of drug-likeness (QED) is 0.134. The summed E-state index contributed by atoms with van der Waals surface area (Å²) in [6.07, 6.45) is 11.0. The van der Waals surface area contributed by atoms with Gasteiger partial charge < -0.3 is 25.2 Å². The number of para-hydroxylation sites is 1. The monoisotopic (exact) mass is 864 g/mol. The normalized spacial score (nSPS) is 20.9. The fraction of sp³-hybridized carbons (Fsp3) is 0.449. The number of anilines is 2. The van der Waals surface area contributed by atoms with Crippen LogP contribution in [0, 0.1) is 11.8 Å². The van der Waals surface area contributed by atoms with E-state index in [-0.39, 0.29) is 24.8 Å². The maximum atomic E-state index is 13.4. The molecule has 3 aromatic carbocycles. The molecular formula is C49H56N10O5. The van der Waals surface area contributed by atoms with Crippen molar-refractivity contribution in [2.45, 2.75) is 76.3 Å². The van der Waals surface area contributed by atoms with Crippen molar-refractivity contribution in [2.75, 3.05) is 63.0 Å². The third-order valence-corrected chi connectivity index (χ3v) is 14.2. The van der Waals surface area contributed by atoms with Gasteiger partial charge in [0.25, 0.3) is 11.8 Å². The van der Waals surface area contributed by atoms with E-state index in [2.05, 4.69) is 34.7 Å². The number of imide groups is 2. The van der Waals surface area contributed by atoms with Gasteiger partial charge in [-0.1, -0.05) is 18.2 Å². The zero-order valence-corrected chi connectivity index (χ0v) is 36.2. The molecule has 5 aromatic rings. The summed E-state index contributed by atoms with van der Waals surface area (Å²) in [7, 11) is 0. The van der Waals surface area contributed by atoms with E-state index in [1.807, 2.05) is 66.7 Å². The first kappa shape index (κ1) is 41.8. The molecule has 4 amide bonds. The van der Waals surface area contributed by atoms with Gasteiger partial charge in [0.15, 0.2) is 5.65 Å². The Morgan fingerprint density at radius 2 is 1.42 bits per heavy atom. The number of carbonyl (C=O) groups is 4. The van der Waals surface area contributed by atoms with Gasteiger partial charge in [0, 0.05) is 50.4 Å². The van der Waals surface area contributed by atoms with Gasteiger partial charge in [-0.15, -0.1) is 0 Å². The lowest BCUT2D eigenvalue weighted by Crippen LogP contribution is -2.54. The molecule has 5 aliphatic rings. The summed E-state index contributed by atoms with van der Waals surface area (Å²) in [6.45, 7) is 8.55.